The van der Waals surface area contributed by atoms with Gasteiger partial charge in [-0.25, -0.2) is 0 Å². The highest BCUT2D eigenvalue weighted by molar-refractivity contribution is 5.75. The largest absolute Gasteiger partial charge is 0.481 e. The van der Waals surface area contributed by atoms with E-state index < -0.39 is 17.5 Å². The van der Waals surface area contributed by atoms with Crippen molar-refractivity contribution < 1.29 is 15.0 Å². The maximum Gasteiger partial charge on any atom is 0.309 e. The van der Waals surface area contributed by atoms with Gasteiger partial charge in [0.05, 0.1) is 11.5 Å². The molecule has 3 aliphatic carbocycles. The number of aliphatic hydroxyl groups is 1. The summed E-state index contributed by atoms with van der Waals surface area (Å²) in [5, 5.41) is 20.5. The first-order valence-corrected chi connectivity index (χ1v) is 8.94. The molecule has 3 aliphatic rings. The van der Waals surface area contributed by atoms with Gasteiger partial charge in [0, 0.05) is 5.41 Å². The van der Waals surface area contributed by atoms with Crippen LogP contribution in [-0.2, 0) is 4.79 Å². The summed E-state index contributed by atoms with van der Waals surface area (Å²) in [5.41, 5.74) is 0.438. The zero-order valence-corrected chi connectivity index (χ0v) is 14.6. The molecule has 0 radical (unpaired) electrons. The Morgan fingerprint density at radius 3 is 2.65 bits per heavy atom. The van der Waals surface area contributed by atoms with Crippen molar-refractivity contribution in [3.05, 3.63) is 24.3 Å². The summed E-state index contributed by atoms with van der Waals surface area (Å²) >= 11 is 0. The standard InChI is InChI=1S/C20H30O3/c1-5-18(2)12-13-7-8-15-19(3,14(13)11-16(18)21)9-6-10-20(15,4)17(22)23/h5,12,14-16,21H,1,6-11H2,2-4H3,(H,22,23). The van der Waals surface area contributed by atoms with Gasteiger partial charge in [0.25, 0.3) is 0 Å². The number of hydrogen-bond donors (Lipinski definition) is 2. The van der Waals surface area contributed by atoms with E-state index in [1.807, 2.05) is 19.9 Å². The first-order valence-electron chi connectivity index (χ1n) is 8.94. The van der Waals surface area contributed by atoms with Crippen LogP contribution in [0.3, 0.4) is 0 Å². The Kier molecular flexibility index (Phi) is 3.79. The monoisotopic (exact) mass is 318 g/mol. The summed E-state index contributed by atoms with van der Waals surface area (Å²) in [7, 11) is 0. The molecule has 0 saturated heterocycles. The van der Waals surface area contributed by atoms with Crippen molar-refractivity contribution in [2.24, 2.45) is 28.1 Å². The number of allylic oxidation sites excluding steroid dienone is 1. The smallest absolute Gasteiger partial charge is 0.309 e. The summed E-state index contributed by atoms with van der Waals surface area (Å²) in [4.78, 5) is 12.0. The van der Waals surface area contributed by atoms with Crippen LogP contribution in [0.5, 0.6) is 0 Å². The molecule has 0 heterocycles. The molecule has 0 aliphatic heterocycles. The lowest BCUT2D eigenvalue weighted by Crippen LogP contribution is -2.55. The Morgan fingerprint density at radius 2 is 2.04 bits per heavy atom. The molecule has 0 aromatic heterocycles. The maximum atomic E-state index is 12.0. The topological polar surface area (TPSA) is 57.5 Å². The fraction of sp³-hybridized carbons (Fsp3) is 0.750. The molecule has 2 N–H and O–H groups in total. The molecule has 6 atom stereocenters. The first-order chi connectivity index (χ1) is 10.7. The van der Waals surface area contributed by atoms with Crippen LogP contribution < -0.4 is 0 Å². The minimum Gasteiger partial charge on any atom is -0.481 e. The van der Waals surface area contributed by atoms with Gasteiger partial charge in [-0.3, -0.25) is 4.79 Å². The van der Waals surface area contributed by atoms with Crippen LogP contribution in [0.25, 0.3) is 0 Å². The second-order valence-corrected chi connectivity index (χ2v) is 8.77. The number of hydrogen-bond acceptors (Lipinski definition) is 2. The SMILES string of the molecule is C=CC1(C)C=C2CCC3C(C)(C(=O)O)CCCC3(C)C2CC1O. The van der Waals surface area contributed by atoms with Gasteiger partial charge in [-0.15, -0.1) is 6.58 Å². The number of rotatable bonds is 2. The van der Waals surface area contributed by atoms with Crippen molar-refractivity contribution in [1.82, 2.24) is 0 Å². The molecular formula is C20H30O3. The van der Waals surface area contributed by atoms with E-state index in [0.717, 1.165) is 38.5 Å². The van der Waals surface area contributed by atoms with Crippen LogP contribution >= 0.6 is 0 Å². The van der Waals surface area contributed by atoms with E-state index in [2.05, 4.69) is 19.6 Å². The summed E-state index contributed by atoms with van der Waals surface area (Å²) in [6.07, 6.45) is 9.12. The molecule has 2 fully saturated rings. The molecule has 128 valence electrons. The molecule has 0 spiro atoms. The highest BCUT2D eigenvalue weighted by Crippen LogP contribution is 2.63. The van der Waals surface area contributed by atoms with Crippen molar-refractivity contribution in [1.29, 1.82) is 0 Å². The van der Waals surface area contributed by atoms with Gasteiger partial charge in [0.2, 0.25) is 0 Å². The molecule has 6 unspecified atom stereocenters. The Labute approximate surface area is 139 Å². The third-order valence-corrected chi connectivity index (χ3v) is 7.54. The van der Waals surface area contributed by atoms with Gasteiger partial charge in [-0.2, -0.15) is 0 Å². The zero-order valence-electron chi connectivity index (χ0n) is 14.6. The lowest BCUT2D eigenvalue weighted by Gasteiger charge is -2.59. The molecule has 0 aromatic carbocycles. The van der Waals surface area contributed by atoms with Gasteiger partial charge in [-0.05, 0) is 56.3 Å². The van der Waals surface area contributed by atoms with E-state index in [9.17, 15) is 15.0 Å². The van der Waals surface area contributed by atoms with Crippen molar-refractivity contribution in [2.45, 2.75) is 65.4 Å². The molecule has 3 rings (SSSR count). The summed E-state index contributed by atoms with van der Waals surface area (Å²) in [5.74, 6) is -0.139. The van der Waals surface area contributed by atoms with Crippen molar-refractivity contribution in [3.8, 4) is 0 Å². The third kappa shape index (κ3) is 2.23. The van der Waals surface area contributed by atoms with Crippen LogP contribution in [0.15, 0.2) is 24.3 Å². The Hall–Kier alpha value is -1.09. The van der Waals surface area contributed by atoms with E-state index in [1.54, 1.807) is 0 Å². The zero-order chi connectivity index (χ0) is 17.0. The predicted molar refractivity (Wildman–Crippen MR) is 90.9 cm³/mol. The molecule has 23 heavy (non-hydrogen) atoms. The summed E-state index contributed by atoms with van der Waals surface area (Å²) in [6.45, 7) is 10.2. The lowest BCUT2D eigenvalue weighted by atomic mass is 9.45. The predicted octanol–water partition coefficient (Wildman–Crippen LogP) is 4.18. The highest BCUT2D eigenvalue weighted by Gasteiger charge is 2.59. The number of aliphatic hydroxyl groups excluding tert-OH is 1. The first kappa shape index (κ1) is 16.8. The van der Waals surface area contributed by atoms with E-state index in [1.165, 1.54) is 5.57 Å². The summed E-state index contributed by atoms with van der Waals surface area (Å²) in [6, 6.07) is 0. The van der Waals surface area contributed by atoms with Gasteiger partial charge in [0.15, 0.2) is 0 Å². The molecule has 3 heteroatoms. The summed E-state index contributed by atoms with van der Waals surface area (Å²) < 4.78 is 0. The minimum absolute atomic E-state index is 0.0149. The molecule has 2 saturated carbocycles. The van der Waals surface area contributed by atoms with E-state index >= 15 is 0 Å². The molecule has 0 aromatic rings. The van der Waals surface area contributed by atoms with E-state index in [4.69, 9.17) is 0 Å². The second-order valence-electron chi connectivity index (χ2n) is 8.77. The van der Waals surface area contributed by atoms with Crippen LogP contribution in [0.4, 0.5) is 0 Å². The average Bonchev–Trinajstić information content (AvgIpc) is 2.49. The number of fused-ring (bicyclic) bond motifs is 3. The minimum atomic E-state index is -0.645. The lowest BCUT2D eigenvalue weighted by molar-refractivity contribution is -0.165. The second kappa shape index (κ2) is 5.20. The number of aliphatic carboxylic acids is 1. The van der Waals surface area contributed by atoms with Crippen LogP contribution in [0.2, 0.25) is 0 Å². The van der Waals surface area contributed by atoms with Crippen LogP contribution in [0.1, 0.15) is 59.3 Å². The van der Waals surface area contributed by atoms with E-state index in [-0.39, 0.29) is 16.7 Å². The Bertz CT molecular complexity index is 565. The van der Waals surface area contributed by atoms with Gasteiger partial charge in [0.1, 0.15) is 0 Å². The fourth-order valence-electron chi connectivity index (χ4n) is 5.90. The normalized spacial score (nSPS) is 49.6. The highest BCUT2D eigenvalue weighted by atomic mass is 16.4. The number of carbonyl (C=O) groups is 1. The molecule has 0 bridgehead atoms. The molecular weight excluding hydrogens is 288 g/mol. The Morgan fingerprint density at radius 1 is 1.35 bits per heavy atom. The van der Waals surface area contributed by atoms with E-state index in [0.29, 0.717) is 5.92 Å². The van der Waals surface area contributed by atoms with Gasteiger partial charge >= 0.3 is 5.97 Å². The maximum absolute atomic E-state index is 12.0. The van der Waals surface area contributed by atoms with Crippen molar-refractivity contribution >= 4 is 5.97 Å². The quantitative estimate of drug-likeness (QED) is 0.751. The van der Waals surface area contributed by atoms with Crippen LogP contribution in [-0.4, -0.2) is 22.3 Å². The van der Waals surface area contributed by atoms with Crippen molar-refractivity contribution in [3.63, 3.8) is 0 Å². The number of carboxylic acids is 1. The Balaban J connectivity index is 2.02. The molecule has 3 nitrogen and oxygen atoms in total. The number of carboxylic acid groups (broad SMARTS) is 1. The van der Waals surface area contributed by atoms with Gasteiger partial charge in [-0.1, -0.05) is 38.0 Å². The fourth-order valence-corrected chi connectivity index (χ4v) is 5.90. The van der Waals surface area contributed by atoms with Crippen LogP contribution in [0, 0.1) is 28.1 Å². The third-order valence-electron chi connectivity index (χ3n) is 7.54. The molecule has 0 amide bonds. The van der Waals surface area contributed by atoms with Gasteiger partial charge < -0.3 is 10.2 Å². The average molecular weight is 318 g/mol. The van der Waals surface area contributed by atoms with Crippen molar-refractivity contribution in [2.75, 3.05) is 0 Å².